The molecule has 92 valence electrons. The van der Waals surface area contributed by atoms with Gasteiger partial charge in [0.2, 0.25) is 5.91 Å². The molecule has 0 heterocycles. The van der Waals surface area contributed by atoms with Gasteiger partial charge in [-0.2, -0.15) is 0 Å². The van der Waals surface area contributed by atoms with E-state index >= 15 is 0 Å². The number of benzene rings is 1. The number of amides is 1. The van der Waals surface area contributed by atoms with Crippen LogP contribution in [0.1, 0.15) is 25.3 Å². The average molecular weight is 250 g/mol. The van der Waals surface area contributed by atoms with Crippen LogP contribution in [0, 0.1) is 0 Å². The molecule has 1 aromatic rings. The van der Waals surface area contributed by atoms with E-state index in [0.717, 1.165) is 17.5 Å². The Morgan fingerprint density at radius 1 is 1.47 bits per heavy atom. The number of carbonyl (C=O) groups is 1. The van der Waals surface area contributed by atoms with Gasteiger partial charge in [-0.1, -0.05) is 12.1 Å². The average Bonchev–Trinajstić information content (AvgIpc) is 3.12. The summed E-state index contributed by atoms with van der Waals surface area (Å²) in [5.41, 5.74) is 6.52. The van der Waals surface area contributed by atoms with Gasteiger partial charge in [0, 0.05) is 17.5 Å². The van der Waals surface area contributed by atoms with E-state index in [4.69, 9.17) is 5.73 Å². The highest BCUT2D eigenvalue weighted by Gasteiger charge is 2.19. The molecule has 1 aromatic carbocycles. The van der Waals surface area contributed by atoms with Crippen molar-refractivity contribution in [3.8, 4) is 0 Å². The molecule has 1 fully saturated rings. The molecule has 0 radical (unpaired) electrons. The number of nitrogens with one attached hydrogen (secondary N) is 1. The first-order valence-corrected chi connectivity index (χ1v) is 6.81. The van der Waals surface area contributed by atoms with Crippen LogP contribution in [0.3, 0.4) is 0 Å². The van der Waals surface area contributed by atoms with Crippen LogP contribution in [0.2, 0.25) is 0 Å². The Labute approximate surface area is 106 Å². The summed E-state index contributed by atoms with van der Waals surface area (Å²) in [6.45, 7) is 2.76. The van der Waals surface area contributed by atoms with Crippen molar-refractivity contribution in [2.75, 3.05) is 0 Å². The normalized spacial score (nSPS) is 16.8. The monoisotopic (exact) mass is 250 g/mol. The van der Waals surface area contributed by atoms with Gasteiger partial charge in [0.05, 0.1) is 5.25 Å². The maximum Gasteiger partial charge on any atom is 0.230 e. The third kappa shape index (κ3) is 4.06. The maximum atomic E-state index is 10.9. The summed E-state index contributed by atoms with van der Waals surface area (Å²) in [5, 5.41) is 3.29. The Balaban J connectivity index is 1.85. The predicted octanol–water partition coefficient (Wildman–Crippen LogP) is 1.90. The number of primary amides is 1. The van der Waals surface area contributed by atoms with E-state index < -0.39 is 0 Å². The summed E-state index contributed by atoms with van der Waals surface area (Å²) in [7, 11) is 0. The van der Waals surface area contributed by atoms with Gasteiger partial charge in [0.25, 0.3) is 0 Å². The molecule has 3 nitrogen and oxygen atoms in total. The molecule has 1 saturated carbocycles. The molecule has 1 unspecified atom stereocenters. The second-order valence-electron chi connectivity index (χ2n) is 4.46. The highest BCUT2D eigenvalue weighted by Crippen LogP contribution is 2.24. The zero-order valence-corrected chi connectivity index (χ0v) is 10.8. The van der Waals surface area contributed by atoms with Crippen molar-refractivity contribution < 1.29 is 4.79 Å². The highest BCUT2D eigenvalue weighted by molar-refractivity contribution is 8.00. The van der Waals surface area contributed by atoms with Gasteiger partial charge in [-0.15, -0.1) is 11.8 Å². The van der Waals surface area contributed by atoms with E-state index in [2.05, 4.69) is 17.4 Å². The summed E-state index contributed by atoms with van der Waals surface area (Å²) in [5.74, 6) is -0.269. The fourth-order valence-electron chi connectivity index (χ4n) is 1.50. The summed E-state index contributed by atoms with van der Waals surface area (Å²) < 4.78 is 0. The molecule has 0 saturated heterocycles. The highest BCUT2D eigenvalue weighted by atomic mass is 32.2. The number of hydrogen-bond donors (Lipinski definition) is 2. The Kier molecular flexibility index (Phi) is 4.07. The van der Waals surface area contributed by atoms with Crippen LogP contribution < -0.4 is 11.1 Å². The quantitative estimate of drug-likeness (QED) is 0.758. The molecule has 0 spiro atoms. The number of rotatable bonds is 6. The first-order chi connectivity index (χ1) is 8.15. The minimum atomic E-state index is -0.269. The van der Waals surface area contributed by atoms with Crippen LogP contribution in [0.4, 0.5) is 0 Å². The first kappa shape index (κ1) is 12.5. The van der Waals surface area contributed by atoms with E-state index in [1.807, 2.05) is 19.1 Å². The summed E-state index contributed by atoms with van der Waals surface area (Å²) in [6, 6.07) is 9.04. The molecule has 3 N–H and O–H groups in total. The van der Waals surface area contributed by atoms with Gasteiger partial charge in [0.1, 0.15) is 0 Å². The van der Waals surface area contributed by atoms with Crippen LogP contribution in [-0.2, 0) is 11.3 Å². The zero-order chi connectivity index (χ0) is 12.3. The second kappa shape index (κ2) is 5.56. The number of carbonyl (C=O) groups excluding carboxylic acids is 1. The fourth-order valence-corrected chi connectivity index (χ4v) is 2.32. The van der Waals surface area contributed by atoms with Gasteiger partial charge < -0.3 is 11.1 Å². The van der Waals surface area contributed by atoms with Gasteiger partial charge >= 0.3 is 0 Å². The molecule has 1 aliphatic carbocycles. The Hall–Kier alpha value is -1.00. The molecule has 1 atom stereocenters. The molecule has 4 heteroatoms. The van der Waals surface area contributed by atoms with Crippen molar-refractivity contribution in [3.63, 3.8) is 0 Å². The lowest BCUT2D eigenvalue weighted by Crippen LogP contribution is -2.22. The molecule has 0 aromatic heterocycles. The largest absolute Gasteiger partial charge is 0.369 e. The molecule has 1 amide bonds. The van der Waals surface area contributed by atoms with Gasteiger partial charge in [-0.05, 0) is 37.5 Å². The zero-order valence-electron chi connectivity index (χ0n) is 9.98. The number of nitrogens with two attached hydrogens (primary N) is 1. The van der Waals surface area contributed by atoms with E-state index in [1.165, 1.54) is 30.2 Å². The Bertz CT molecular complexity index is 387. The van der Waals surface area contributed by atoms with E-state index in [9.17, 15) is 4.79 Å². The van der Waals surface area contributed by atoms with Crippen molar-refractivity contribution in [3.05, 3.63) is 29.8 Å². The molecule has 17 heavy (non-hydrogen) atoms. The van der Waals surface area contributed by atoms with Crippen molar-refractivity contribution >= 4 is 17.7 Å². The van der Waals surface area contributed by atoms with Gasteiger partial charge in [0.15, 0.2) is 0 Å². The van der Waals surface area contributed by atoms with Crippen molar-refractivity contribution in [1.29, 1.82) is 0 Å². The van der Waals surface area contributed by atoms with Crippen LogP contribution >= 0.6 is 11.8 Å². The molecular weight excluding hydrogens is 232 g/mol. The Morgan fingerprint density at radius 2 is 2.12 bits per heavy atom. The van der Waals surface area contributed by atoms with Crippen LogP contribution in [0.25, 0.3) is 0 Å². The topological polar surface area (TPSA) is 55.1 Å². The van der Waals surface area contributed by atoms with Crippen molar-refractivity contribution in [2.24, 2.45) is 5.73 Å². The molecule has 0 aliphatic heterocycles. The number of thioether (sulfide) groups is 1. The lowest BCUT2D eigenvalue weighted by Gasteiger charge is -2.08. The second-order valence-corrected chi connectivity index (χ2v) is 5.88. The Morgan fingerprint density at radius 3 is 2.65 bits per heavy atom. The fraction of sp³-hybridized carbons (Fsp3) is 0.462. The smallest absolute Gasteiger partial charge is 0.230 e. The van der Waals surface area contributed by atoms with Crippen LogP contribution in [0.5, 0.6) is 0 Å². The molecule has 0 bridgehead atoms. The summed E-state index contributed by atoms with van der Waals surface area (Å²) in [4.78, 5) is 12.0. The standard InChI is InChI=1S/C13H18N2OS/c1-9(13(14)16)17-12-6-2-10(3-7-12)8-15-11-4-5-11/h2-3,6-7,9,11,15H,4-5,8H2,1H3,(H2,14,16). The third-order valence-electron chi connectivity index (χ3n) is 2.81. The minimum absolute atomic E-state index is 0.176. The molecule has 2 rings (SSSR count). The van der Waals surface area contributed by atoms with Crippen LogP contribution in [0.15, 0.2) is 29.2 Å². The maximum absolute atomic E-state index is 10.9. The summed E-state index contributed by atoms with van der Waals surface area (Å²) >= 11 is 1.50. The summed E-state index contributed by atoms with van der Waals surface area (Å²) in [6.07, 6.45) is 2.62. The van der Waals surface area contributed by atoms with Gasteiger partial charge in [-0.3, -0.25) is 4.79 Å². The van der Waals surface area contributed by atoms with Gasteiger partial charge in [-0.25, -0.2) is 0 Å². The van der Waals surface area contributed by atoms with E-state index in [0.29, 0.717) is 0 Å². The minimum Gasteiger partial charge on any atom is -0.369 e. The van der Waals surface area contributed by atoms with E-state index in [-0.39, 0.29) is 11.2 Å². The predicted molar refractivity (Wildman–Crippen MR) is 70.8 cm³/mol. The van der Waals surface area contributed by atoms with Crippen LogP contribution in [-0.4, -0.2) is 17.2 Å². The first-order valence-electron chi connectivity index (χ1n) is 5.93. The lowest BCUT2D eigenvalue weighted by molar-refractivity contribution is -0.117. The van der Waals surface area contributed by atoms with E-state index in [1.54, 1.807) is 0 Å². The van der Waals surface area contributed by atoms with Crippen molar-refractivity contribution in [2.45, 2.75) is 42.5 Å². The third-order valence-corrected chi connectivity index (χ3v) is 3.94. The SMILES string of the molecule is CC(Sc1ccc(CNC2CC2)cc1)C(N)=O. The lowest BCUT2D eigenvalue weighted by atomic mass is 10.2. The molecular formula is C13H18N2OS. The molecule has 1 aliphatic rings. The van der Waals surface area contributed by atoms with Crippen molar-refractivity contribution in [1.82, 2.24) is 5.32 Å². The number of hydrogen-bond acceptors (Lipinski definition) is 3.